The molecule has 21 heavy (non-hydrogen) atoms. The second-order valence-electron chi connectivity index (χ2n) is 4.85. The van der Waals surface area contributed by atoms with Crippen LogP contribution in [-0.2, 0) is 0 Å². The van der Waals surface area contributed by atoms with Gasteiger partial charge in [0.15, 0.2) is 0 Å². The van der Waals surface area contributed by atoms with Crippen molar-refractivity contribution >= 4 is 11.6 Å². The Morgan fingerprint density at radius 3 is 2.38 bits per heavy atom. The molecule has 0 aliphatic heterocycles. The van der Waals surface area contributed by atoms with Crippen LogP contribution < -0.4 is 9.64 Å². The predicted molar refractivity (Wildman–Crippen MR) is 86.0 cm³/mol. The van der Waals surface area contributed by atoms with Gasteiger partial charge in [0.1, 0.15) is 5.75 Å². The van der Waals surface area contributed by atoms with E-state index in [4.69, 9.17) is 4.74 Å². The minimum absolute atomic E-state index is 0.0212. The molecule has 3 heteroatoms. The number of nitrogens with zero attached hydrogens (tertiary/aromatic N) is 1. The first-order valence-corrected chi connectivity index (χ1v) is 7.28. The molecule has 0 radical (unpaired) electrons. The number of rotatable bonds is 6. The lowest BCUT2D eigenvalue weighted by Crippen LogP contribution is -2.32. The quantitative estimate of drug-likeness (QED) is 0.797. The molecule has 3 nitrogen and oxygen atoms in total. The van der Waals surface area contributed by atoms with E-state index in [1.165, 1.54) is 0 Å². The van der Waals surface area contributed by atoms with Crippen molar-refractivity contribution < 1.29 is 9.53 Å². The number of carbonyl (C=O) groups excluding carboxylic acids is 1. The molecule has 0 aromatic heterocycles. The number of ether oxygens (including phenoxy) is 1. The summed E-state index contributed by atoms with van der Waals surface area (Å²) in [5.41, 5.74) is 1.52. The van der Waals surface area contributed by atoms with Gasteiger partial charge in [0.2, 0.25) is 0 Å². The van der Waals surface area contributed by atoms with Crippen LogP contribution in [0.1, 0.15) is 30.1 Å². The Balaban J connectivity index is 2.34. The molecule has 2 aromatic carbocycles. The van der Waals surface area contributed by atoms with Gasteiger partial charge in [-0.05, 0) is 30.7 Å². The summed E-state index contributed by atoms with van der Waals surface area (Å²) in [6.45, 7) is 2.83. The van der Waals surface area contributed by atoms with Gasteiger partial charge in [-0.25, -0.2) is 0 Å². The van der Waals surface area contributed by atoms with Crippen molar-refractivity contribution in [3.8, 4) is 5.75 Å². The number of methoxy groups -OCH3 is 1. The lowest BCUT2D eigenvalue weighted by atomic mass is 10.1. The fourth-order valence-corrected chi connectivity index (χ4v) is 2.24. The van der Waals surface area contributed by atoms with Gasteiger partial charge in [-0.3, -0.25) is 4.79 Å². The van der Waals surface area contributed by atoms with Crippen LogP contribution in [0.5, 0.6) is 5.75 Å². The zero-order chi connectivity index (χ0) is 15.1. The van der Waals surface area contributed by atoms with E-state index < -0.39 is 0 Å². The van der Waals surface area contributed by atoms with Gasteiger partial charge < -0.3 is 9.64 Å². The summed E-state index contributed by atoms with van der Waals surface area (Å²) in [5, 5.41) is 0. The van der Waals surface area contributed by atoms with Crippen LogP contribution >= 0.6 is 0 Å². The lowest BCUT2D eigenvalue weighted by Gasteiger charge is -2.23. The monoisotopic (exact) mass is 283 g/mol. The molecule has 0 saturated carbocycles. The first-order valence-electron chi connectivity index (χ1n) is 7.28. The lowest BCUT2D eigenvalue weighted by molar-refractivity contribution is 0.0983. The second-order valence-corrected chi connectivity index (χ2v) is 4.85. The van der Waals surface area contributed by atoms with Crippen LogP contribution in [-0.4, -0.2) is 19.6 Å². The Hall–Kier alpha value is -2.29. The van der Waals surface area contributed by atoms with Gasteiger partial charge >= 0.3 is 0 Å². The van der Waals surface area contributed by atoms with Gasteiger partial charge in [-0.2, -0.15) is 0 Å². The largest absolute Gasteiger partial charge is 0.496 e. The third-order valence-electron chi connectivity index (χ3n) is 3.39. The van der Waals surface area contributed by atoms with Crippen LogP contribution in [0.15, 0.2) is 54.6 Å². The van der Waals surface area contributed by atoms with E-state index in [9.17, 15) is 4.79 Å². The fraction of sp³-hybridized carbons (Fsp3) is 0.278. The van der Waals surface area contributed by atoms with E-state index in [0.29, 0.717) is 17.9 Å². The van der Waals surface area contributed by atoms with Crippen LogP contribution in [0.3, 0.4) is 0 Å². The summed E-state index contributed by atoms with van der Waals surface area (Å²) in [4.78, 5) is 14.7. The maximum Gasteiger partial charge on any atom is 0.262 e. The molecule has 0 saturated heterocycles. The molecular weight excluding hydrogens is 262 g/mol. The second kappa shape index (κ2) is 7.48. The summed E-state index contributed by atoms with van der Waals surface area (Å²) in [7, 11) is 1.59. The van der Waals surface area contributed by atoms with Crippen LogP contribution in [0.4, 0.5) is 5.69 Å². The maximum atomic E-state index is 12.9. The summed E-state index contributed by atoms with van der Waals surface area (Å²) in [5.74, 6) is 0.590. The van der Waals surface area contributed by atoms with Crippen molar-refractivity contribution in [3.05, 3.63) is 60.2 Å². The van der Waals surface area contributed by atoms with E-state index in [-0.39, 0.29) is 5.91 Å². The van der Waals surface area contributed by atoms with Crippen LogP contribution in [0.2, 0.25) is 0 Å². The highest BCUT2D eigenvalue weighted by atomic mass is 16.5. The van der Waals surface area contributed by atoms with Crippen molar-refractivity contribution in [1.29, 1.82) is 0 Å². The Kier molecular flexibility index (Phi) is 5.38. The molecule has 1 amide bonds. The van der Waals surface area contributed by atoms with Crippen molar-refractivity contribution in [3.63, 3.8) is 0 Å². The normalized spacial score (nSPS) is 10.2. The molecule has 0 heterocycles. The standard InChI is InChI=1S/C18H21NO2/c1-3-4-14-19(15-10-6-5-7-11-15)18(20)16-12-8-9-13-17(16)21-2/h5-13H,3-4,14H2,1-2H3. The van der Waals surface area contributed by atoms with E-state index in [1.807, 2.05) is 59.5 Å². The topological polar surface area (TPSA) is 29.5 Å². The van der Waals surface area contributed by atoms with Crippen molar-refractivity contribution in [1.82, 2.24) is 0 Å². The fourth-order valence-electron chi connectivity index (χ4n) is 2.24. The summed E-state index contributed by atoms with van der Waals surface area (Å²) < 4.78 is 5.31. The molecule has 2 aromatic rings. The summed E-state index contributed by atoms with van der Waals surface area (Å²) in [6, 6.07) is 17.1. The molecule has 0 N–H and O–H groups in total. The van der Waals surface area contributed by atoms with Crippen molar-refractivity contribution in [2.45, 2.75) is 19.8 Å². The number of para-hydroxylation sites is 2. The average molecular weight is 283 g/mol. The molecule has 0 atom stereocenters. The first-order chi connectivity index (χ1) is 10.3. The number of carbonyl (C=O) groups is 1. The number of unbranched alkanes of at least 4 members (excludes halogenated alkanes) is 1. The van der Waals surface area contributed by atoms with E-state index in [0.717, 1.165) is 18.5 Å². The highest BCUT2D eigenvalue weighted by Crippen LogP contribution is 2.23. The SMILES string of the molecule is CCCCN(C(=O)c1ccccc1OC)c1ccccc1. The Morgan fingerprint density at radius 1 is 1.05 bits per heavy atom. The van der Waals surface area contributed by atoms with Gasteiger partial charge in [0, 0.05) is 12.2 Å². The van der Waals surface area contributed by atoms with E-state index in [1.54, 1.807) is 7.11 Å². The molecule has 0 unspecified atom stereocenters. The Bertz CT molecular complexity index is 581. The molecule has 0 fully saturated rings. The number of hydrogen-bond donors (Lipinski definition) is 0. The summed E-state index contributed by atoms with van der Waals surface area (Å²) in [6.07, 6.45) is 2.01. The Labute approximate surface area is 126 Å². The van der Waals surface area contributed by atoms with Crippen molar-refractivity contribution in [2.75, 3.05) is 18.6 Å². The van der Waals surface area contributed by atoms with Crippen LogP contribution in [0.25, 0.3) is 0 Å². The van der Waals surface area contributed by atoms with Crippen molar-refractivity contribution in [2.24, 2.45) is 0 Å². The Morgan fingerprint density at radius 2 is 1.71 bits per heavy atom. The minimum atomic E-state index is -0.0212. The molecule has 0 aliphatic rings. The van der Waals surface area contributed by atoms with Gasteiger partial charge in [0.25, 0.3) is 5.91 Å². The highest BCUT2D eigenvalue weighted by Gasteiger charge is 2.20. The zero-order valence-electron chi connectivity index (χ0n) is 12.6. The van der Waals surface area contributed by atoms with Crippen LogP contribution in [0, 0.1) is 0 Å². The van der Waals surface area contributed by atoms with E-state index >= 15 is 0 Å². The number of benzene rings is 2. The number of anilines is 1. The zero-order valence-corrected chi connectivity index (χ0v) is 12.6. The molecule has 0 bridgehead atoms. The number of hydrogen-bond acceptors (Lipinski definition) is 2. The summed E-state index contributed by atoms with van der Waals surface area (Å²) >= 11 is 0. The number of amides is 1. The first kappa shape index (κ1) is 15.1. The molecular formula is C18H21NO2. The van der Waals surface area contributed by atoms with Gasteiger partial charge in [0.05, 0.1) is 12.7 Å². The van der Waals surface area contributed by atoms with Gasteiger partial charge in [-0.1, -0.05) is 43.7 Å². The molecule has 110 valence electrons. The van der Waals surface area contributed by atoms with Gasteiger partial charge in [-0.15, -0.1) is 0 Å². The molecule has 0 aliphatic carbocycles. The molecule has 2 rings (SSSR count). The smallest absolute Gasteiger partial charge is 0.262 e. The minimum Gasteiger partial charge on any atom is -0.496 e. The highest BCUT2D eigenvalue weighted by molar-refractivity contribution is 6.07. The molecule has 0 spiro atoms. The van der Waals surface area contributed by atoms with E-state index in [2.05, 4.69) is 6.92 Å². The predicted octanol–water partition coefficient (Wildman–Crippen LogP) is 4.14. The maximum absolute atomic E-state index is 12.9. The third-order valence-corrected chi connectivity index (χ3v) is 3.39. The average Bonchev–Trinajstić information content (AvgIpc) is 2.56. The third kappa shape index (κ3) is 3.63.